The highest BCUT2D eigenvalue weighted by atomic mass is 35.5. The van der Waals surface area contributed by atoms with Crippen LogP contribution in [0.2, 0.25) is 5.28 Å². The van der Waals surface area contributed by atoms with Crippen LogP contribution >= 0.6 is 11.6 Å². The number of anilines is 2. The number of hydrogen-bond donors (Lipinski definition) is 2. The maximum atomic E-state index is 13.0. The number of hydrogen-bond acceptors (Lipinski definition) is 5. The van der Waals surface area contributed by atoms with Gasteiger partial charge in [-0.25, -0.2) is 9.37 Å². The quantitative estimate of drug-likeness (QED) is 0.747. The number of aromatic nitrogens is 2. The van der Waals surface area contributed by atoms with Gasteiger partial charge in [0.1, 0.15) is 6.17 Å². The Morgan fingerprint density at radius 1 is 1.73 bits per heavy atom. The molecule has 0 fully saturated rings. The molecule has 0 aliphatic heterocycles. The molecule has 1 rings (SSSR count). The van der Waals surface area contributed by atoms with Crippen LogP contribution in [0.15, 0.2) is 6.20 Å². The largest absolute Gasteiger partial charge is 0.394 e. The lowest BCUT2D eigenvalue weighted by Crippen LogP contribution is -2.21. The van der Waals surface area contributed by atoms with Crippen molar-refractivity contribution in [2.24, 2.45) is 0 Å². The van der Waals surface area contributed by atoms with Gasteiger partial charge in [0.25, 0.3) is 0 Å². The van der Waals surface area contributed by atoms with Gasteiger partial charge in [0.15, 0.2) is 5.82 Å². The molecule has 1 atom stereocenters. The predicted octanol–water partition coefficient (Wildman–Crippen LogP) is 1.11. The van der Waals surface area contributed by atoms with Gasteiger partial charge in [-0.1, -0.05) is 0 Å². The zero-order valence-corrected chi connectivity index (χ0v) is 8.96. The second-order valence-electron chi connectivity index (χ2n) is 2.88. The first-order chi connectivity index (χ1) is 7.13. The Hall–Kier alpha value is -1.14. The Bertz CT molecular complexity index is 326. The van der Waals surface area contributed by atoms with Crippen molar-refractivity contribution >= 4 is 23.1 Å². The summed E-state index contributed by atoms with van der Waals surface area (Å²) in [6.45, 7) is 0.0805. The summed E-state index contributed by atoms with van der Waals surface area (Å²) in [5.74, 6) is 0.328. The maximum Gasteiger partial charge on any atom is 0.224 e. The molecule has 0 radical (unpaired) electrons. The zero-order chi connectivity index (χ0) is 11.3. The van der Waals surface area contributed by atoms with E-state index in [9.17, 15) is 4.39 Å². The fraction of sp³-hybridized carbons (Fsp3) is 0.500. The Balaban J connectivity index is 2.53. The van der Waals surface area contributed by atoms with Crippen LogP contribution in [0.4, 0.5) is 15.9 Å². The fourth-order valence-corrected chi connectivity index (χ4v) is 1.09. The van der Waals surface area contributed by atoms with Crippen LogP contribution in [-0.4, -0.2) is 36.4 Å². The van der Waals surface area contributed by atoms with Gasteiger partial charge in [-0.2, -0.15) is 4.98 Å². The number of alkyl halides is 1. The molecule has 0 aliphatic rings. The molecule has 0 saturated carbocycles. The smallest absolute Gasteiger partial charge is 0.224 e. The second-order valence-corrected chi connectivity index (χ2v) is 3.21. The predicted molar refractivity (Wildman–Crippen MR) is 56.7 cm³/mol. The molecule has 0 saturated heterocycles. The molecule has 1 aromatic heterocycles. The van der Waals surface area contributed by atoms with Crippen LogP contribution in [0.1, 0.15) is 0 Å². The Labute approximate surface area is 91.8 Å². The number of nitrogens with two attached hydrogens (primary N) is 1. The molecule has 0 bridgehead atoms. The minimum atomic E-state index is -1.12. The molecule has 84 valence electrons. The lowest BCUT2D eigenvalue weighted by Gasteiger charge is -2.10. The monoisotopic (exact) mass is 234 g/mol. The minimum Gasteiger partial charge on any atom is -0.394 e. The third-order valence-electron chi connectivity index (χ3n) is 1.63. The summed E-state index contributed by atoms with van der Waals surface area (Å²) < 4.78 is 17.7. The van der Waals surface area contributed by atoms with E-state index in [1.165, 1.54) is 13.3 Å². The van der Waals surface area contributed by atoms with Gasteiger partial charge in [0.05, 0.1) is 18.5 Å². The molecule has 0 spiro atoms. The maximum absolute atomic E-state index is 13.0. The first kappa shape index (κ1) is 11.9. The fourth-order valence-electron chi connectivity index (χ4n) is 0.958. The third kappa shape index (κ3) is 3.85. The van der Waals surface area contributed by atoms with Crippen LogP contribution in [0.5, 0.6) is 0 Å². The van der Waals surface area contributed by atoms with Crippen molar-refractivity contribution in [3.8, 4) is 0 Å². The van der Waals surface area contributed by atoms with Crippen molar-refractivity contribution in [2.45, 2.75) is 6.17 Å². The summed E-state index contributed by atoms with van der Waals surface area (Å²) in [6, 6.07) is 0. The SMILES string of the molecule is COCC(F)CNc1nc(Cl)ncc1N. The Kier molecular flexibility index (Phi) is 4.51. The van der Waals surface area contributed by atoms with E-state index < -0.39 is 6.17 Å². The highest BCUT2D eigenvalue weighted by Crippen LogP contribution is 2.15. The van der Waals surface area contributed by atoms with E-state index in [1.54, 1.807) is 0 Å². The van der Waals surface area contributed by atoms with E-state index >= 15 is 0 Å². The average molecular weight is 235 g/mol. The van der Waals surface area contributed by atoms with Crippen molar-refractivity contribution in [3.63, 3.8) is 0 Å². The van der Waals surface area contributed by atoms with Crippen molar-refractivity contribution in [2.75, 3.05) is 31.3 Å². The molecule has 5 nitrogen and oxygen atoms in total. The summed E-state index contributed by atoms with van der Waals surface area (Å²) >= 11 is 5.56. The summed E-state index contributed by atoms with van der Waals surface area (Å²) in [5, 5.41) is 2.79. The van der Waals surface area contributed by atoms with Crippen molar-refractivity contribution in [1.82, 2.24) is 9.97 Å². The van der Waals surface area contributed by atoms with E-state index in [2.05, 4.69) is 20.0 Å². The van der Waals surface area contributed by atoms with E-state index in [4.69, 9.17) is 17.3 Å². The Morgan fingerprint density at radius 2 is 2.47 bits per heavy atom. The highest BCUT2D eigenvalue weighted by Gasteiger charge is 2.08. The molecule has 15 heavy (non-hydrogen) atoms. The number of methoxy groups -OCH3 is 1. The van der Waals surface area contributed by atoms with Gasteiger partial charge >= 0.3 is 0 Å². The van der Waals surface area contributed by atoms with Crippen LogP contribution in [0.25, 0.3) is 0 Å². The number of nitrogen functional groups attached to an aromatic ring is 1. The lowest BCUT2D eigenvalue weighted by molar-refractivity contribution is 0.130. The average Bonchev–Trinajstić information content (AvgIpc) is 2.20. The second kappa shape index (κ2) is 5.67. The number of ether oxygens (including phenoxy) is 1. The molecule has 7 heteroatoms. The van der Waals surface area contributed by atoms with Crippen molar-refractivity contribution in [1.29, 1.82) is 0 Å². The first-order valence-corrected chi connectivity index (χ1v) is 4.66. The molecule has 0 aliphatic carbocycles. The van der Waals surface area contributed by atoms with Crippen LogP contribution in [0, 0.1) is 0 Å². The normalized spacial score (nSPS) is 12.5. The number of halogens is 2. The molecule has 0 aromatic carbocycles. The van der Waals surface area contributed by atoms with Gasteiger partial charge in [0, 0.05) is 13.7 Å². The molecule has 1 aromatic rings. The topological polar surface area (TPSA) is 73.1 Å². The van der Waals surface area contributed by atoms with E-state index in [1.807, 2.05) is 0 Å². The zero-order valence-electron chi connectivity index (χ0n) is 8.20. The van der Waals surface area contributed by atoms with Crippen molar-refractivity contribution < 1.29 is 9.13 Å². The van der Waals surface area contributed by atoms with Gasteiger partial charge in [0.2, 0.25) is 5.28 Å². The highest BCUT2D eigenvalue weighted by molar-refractivity contribution is 6.28. The van der Waals surface area contributed by atoms with E-state index in [0.29, 0.717) is 11.5 Å². The van der Waals surface area contributed by atoms with Crippen LogP contribution in [-0.2, 0) is 4.74 Å². The number of nitrogens with zero attached hydrogens (tertiary/aromatic N) is 2. The van der Waals surface area contributed by atoms with Crippen LogP contribution in [0.3, 0.4) is 0 Å². The number of rotatable bonds is 5. The Morgan fingerprint density at radius 3 is 3.13 bits per heavy atom. The van der Waals surface area contributed by atoms with Crippen LogP contribution < -0.4 is 11.1 Å². The minimum absolute atomic E-state index is 0.0196. The van der Waals surface area contributed by atoms with Gasteiger partial charge < -0.3 is 15.8 Å². The summed E-state index contributed by atoms with van der Waals surface area (Å²) in [7, 11) is 1.43. The van der Waals surface area contributed by atoms with Gasteiger partial charge in [-0.15, -0.1) is 0 Å². The first-order valence-electron chi connectivity index (χ1n) is 4.28. The van der Waals surface area contributed by atoms with E-state index in [-0.39, 0.29) is 18.4 Å². The summed E-state index contributed by atoms with van der Waals surface area (Å²) in [5.41, 5.74) is 5.87. The third-order valence-corrected chi connectivity index (χ3v) is 1.81. The molecule has 1 heterocycles. The molecular formula is C8H12ClFN4O. The molecule has 0 amide bonds. The summed E-state index contributed by atoms with van der Waals surface area (Å²) in [6.07, 6.45) is 0.240. The lowest BCUT2D eigenvalue weighted by atomic mass is 10.4. The number of nitrogens with one attached hydrogen (secondary N) is 1. The van der Waals surface area contributed by atoms with Gasteiger partial charge in [-0.05, 0) is 11.6 Å². The molecule has 1 unspecified atom stereocenters. The summed E-state index contributed by atoms with van der Waals surface area (Å²) in [4.78, 5) is 7.49. The standard InChI is InChI=1S/C8H12ClFN4O/c1-15-4-5(10)2-12-7-6(11)3-13-8(9)14-7/h3,5H,2,4,11H2,1H3,(H,12,13,14). The van der Waals surface area contributed by atoms with Gasteiger partial charge in [-0.3, -0.25) is 0 Å². The van der Waals surface area contributed by atoms with Crippen molar-refractivity contribution in [3.05, 3.63) is 11.5 Å². The van der Waals surface area contributed by atoms with E-state index in [0.717, 1.165) is 0 Å². The molecule has 3 N–H and O–H groups in total. The molecular weight excluding hydrogens is 223 g/mol.